The Hall–Kier alpha value is -0.935. The van der Waals surface area contributed by atoms with Gasteiger partial charge in [0.15, 0.2) is 0 Å². The Kier molecular flexibility index (Phi) is 2.56. The standard InChI is InChI=1S/C6H5BF2O2/c8-6-3-1-5(2-4-6)7(10)11-9/h1-4,10H. The zero-order valence-corrected chi connectivity index (χ0v) is 5.50. The lowest BCUT2D eigenvalue weighted by atomic mass is 9.80. The molecule has 0 bridgehead atoms. The van der Waals surface area contributed by atoms with E-state index in [2.05, 4.69) is 4.86 Å². The minimum atomic E-state index is -1.63. The smallest absolute Gasteiger partial charge is 0.421 e. The highest BCUT2D eigenvalue weighted by Gasteiger charge is 2.16. The van der Waals surface area contributed by atoms with Gasteiger partial charge >= 0.3 is 7.12 Å². The molecule has 0 fully saturated rings. The van der Waals surface area contributed by atoms with Gasteiger partial charge in [-0.2, -0.15) is 0 Å². The quantitative estimate of drug-likeness (QED) is 0.631. The normalized spacial score (nSPS) is 9.73. The summed E-state index contributed by atoms with van der Waals surface area (Å²) in [5.74, 6) is -0.445. The van der Waals surface area contributed by atoms with Crippen LogP contribution in [0.3, 0.4) is 0 Å². The van der Waals surface area contributed by atoms with E-state index >= 15 is 0 Å². The van der Waals surface area contributed by atoms with Crippen LogP contribution in [0.1, 0.15) is 0 Å². The van der Waals surface area contributed by atoms with Gasteiger partial charge in [0.25, 0.3) is 0 Å². The average molecular weight is 158 g/mol. The molecule has 0 aromatic heterocycles. The first-order valence-corrected chi connectivity index (χ1v) is 2.95. The van der Waals surface area contributed by atoms with E-state index in [1.807, 2.05) is 0 Å². The fourth-order valence-electron chi connectivity index (χ4n) is 0.679. The number of rotatable bonds is 2. The second-order valence-electron chi connectivity index (χ2n) is 1.99. The Bertz CT molecular complexity index is 227. The summed E-state index contributed by atoms with van der Waals surface area (Å²) in [6, 6.07) is 4.69. The predicted octanol–water partition coefficient (Wildman–Crippen LogP) is 0.414. The molecular formula is C6H5BF2O2. The van der Waals surface area contributed by atoms with Gasteiger partial charge in [0.1, 0.15) is 5.82 Å². The average Bonchev–Trinajstić information content (AvgIpc) is 2.05. The van der Waals surface area contributed by atoms with E-state index in [9.17, 15) is 8.92 Å². The van der Waals surface area contributed by atoms with Crippen molar-refractivity contribution in [2.45, 2.75) is 0 Å². The van der Waals surface area contributed by atoms with Crippen LogP contribution in [-0.2, 0) is 4.86 Å². The van der Waals surface area contributed by atoms with Crippen LogP contribution in [0.15, 0.2) is 24.3 Å². The van der Waals surface area contributed by atoms with Crippen molar-refractivity contribution in [3.63, 3.8) is 0 Å². The Morgan fingerprint density at radius 1 is 1.27 bits per heavy atom. The van der Waals surface area contributed by atoms with Crippen molar-refractivity contribution in [3.05, 3.63) is 30.1 Å². The zero-order chi connectivity index (χ0) is 8.27. The van der Waals surface area contributed by atoms with Crippen LogP contribution in [0.5, 0.6) is 0 Å². The van der Waals surface area contributed by atoms with E-state index in [1.54, 1.807) is 0 Å². The highest BCUT2D eigenvalue weighted by atomic mass is 19.3. The molecule has 0 aliphatic heterocycles. The summed E-state index contributed by atoms with van der Waals surface area (Å²) < 4.78 is 23.6. The van der Waals surface area contributed by atoms with Gasteiger partial charge in [-0.1, -0.05) is 16.7 Å². The minimum Gasteiger partial charge on any atom is -0.421 e. The van der Waals surface area contributed by atoms with Crippen molar-refractivity contribution >= 4 is 12.6 Å². The fourth-order valence-corrected chi connectivity index (χ4v) is 0.679. The maximum atomic E-state index is 12.2. The molecule has 0 radical (unpaired) electrons. The van der Waals surface area contributed by atoms with Gasteiger partial charge in [0, 0.05) is 0 Å². The number of halogens is 2. The first-order chi connectivity index (χ1) is 5.24. The Morgan fingerprint density at radius 3 is 2.27 bits per heavy atom. The third kappa shape index (κ3) is 1.99. The third-order valence-corrected chi connectivity index (χ3v) is 1.24. The van der Waals surface area contributed by atoms with E-state index in [0.717, 1.165) is 12.1 Å². The number of benzene rings is 1. The summed E-state index contributed by atoms with van der Waals surface area (Å²) in [4.78, 5) is 3.11. The molecule has 1 N–H and O–H groups in total. The second kappa shape index (κ2) is 3.45. The monoisotopic (exact) mass is 158 g/mol. The molecule has 1 rings (SSSR count). The van der Waals surface area contributed by atoms with Crippen LogP contribution in [0, 0.1) is 5.82 Å². The van der Waals surface area contributed by atoms with Crippen molar-refractivity contribution in [2.75, 3.05) is 0 Å². The van der Waals surface area contributed by atoms with E-state index in [4.69, 9.17) is 5.02 Å². The lowest BCUT2D eigenvalue weighted by Gasteiger charge is -1.98. The Labute approximate surface area is 62.5 Å². The molecule has 5 heteroatoms. The molecule has 0 atom stereocenters. The largest absolute Gasteiger partial charge is 0.529 e. The Morgan fingerprint density at radius 2 is 1.82 bits per heavy atom. The molecule has 0 amide bonds. The molecule has 0 aliphatic rings. The third-order valence-electron chi connectivity index (χ3n) is 1.24. The minimum absolute atomic E-state index is 0.175. The van der Waals surface area contributed by atoms with Gasteiger partial charge in [-0.3, -0.25) is 0 Å². The van der Waals surface area contributed by atoms with Crippen molar-refractivity contribution in [1.29, 1.82) is 0 Å². The van der Waals surface area contributed by atoms with Crippen molar-refractivity contribution in [2.24, 2.45) is 0 Å². The lowest BCUT2D eigenvalue weighted by molar-refractivity contribution is -0.0267. The van der Waals surface area contributed by atoms with Gasteiger partial charge in [-0.25, -0.2) is 9.25 Å². The van der Waals surface area contributed by atoms with Crippen LogP contribution in [0.4, 0.5) is 8.92 Å². The molecule has 11 heavy (non-hydrogen) atoms. The lowest BCUT2D eigenvalue weighted by Crippen LogP contribution is -2.30. The molecule has 2 nitrogen and oxygen atoms in total. The highest BCUT2D eigenvalue weighted by molar-refractivity contribution is 6.59. The van der Waals surface area contributed by atoms with Gasteiger partial charge in [0.2, 0.25) is 0 Å². The molecule has 0 unspecified atom stereocenters. The van der Waals surface area contributed by atoms with Gasteiger partial charge < -0.3 is 5.02 Å². The van der Waals surface area contributed by atoms with Crippen LogP contribution < -0.4 is 5.46 Å². The van der Waals surface area contributed by atoms with Crippen molar-refractivity contribution in [1.82, 2.24) is 0 Å². The first kappa shape index (κ1) is 8.16. The van der Waals surface area contributed by atoms with E-state index in [-0.39, 0.29) is 5.46 Å². The topological polar surface area (TPSA) is 29.5 Å². The molecule has 58 valence electrons. The van der Waals surface area contributed by atoms with E-state index < -0.39 is 12.9 Å². The van der Waals surface area contributed by atoms with Crippen LogP contribution in [0.2, 0.25) is 0 Å². The first-order valence-electron chi connectivity index (χ1n) is 2.95. The zero-order valence-electron chi connectivity index (χ0n) is 5.50. The predicted molar refractivity (Wildman–Crippen MR) is 36.2 cm³/mol. The molecular weight excluding hydrogens is 153 g/mol. The highest BCUT2D eigenvalue weighted by Crippen LogP contribution is 1.94. The second-order valence-corrected chi connectivity index (χ2v) is 1.99. The Balaban J connectivity index is 2.81. The number of hydrogen-bond acceptors (Lipinski definition) is 2. The molecule has 0 aliphatic carbocycles. The van der Waals surface area contributed by atoms with Crippen molar-refractivity contribution in [3.8, 4) is 0 Å². The molecule has 0 saturated heterocycles. The van der Waals surface area contributed by atoms with Gasteiger partial charge in [-0.05, 0) is 17.6 Å². The summed E-state index contributed by atoms with van der Waals surface area (Å²) in [7, 11) is -1.63. The maximum absolute atomic E-state index is 12.2. The summed E-state index contributed by atoms with van der Waals surface area (Å²) in [5.41, 5.74) is 0.175. The molecule has 0 saturated carbocycles. The fraction of sp³-hybridized carbons (Fsp3) is 0. The molecule has 0 spiro atoms. The van der Waals surface area contributed by atoms with Crippen molar-refractivity contribution < 1.29 is 18.8 Å². The maximum Gasteiger partial charge on any atom is 0.529 e. The molecule has 1 aromatic carbocycles. The SMILES string of the molecule is OB(OF)c1ccc(F)cc1. The van der Waals surface area contributed by atoms with Gasteiger partial charge in [-0.15, -0.1) is 0 Å². The summed E-state index contributed by atoms with van der Waals surface area (Å²) in [6.45, 7) is 0. The van der Waals surface area contributed by atoms with Gasteiger partial charge in [0.05, 0.1) is 0 Å². The molecule has 0 heterocycles. The van der Waals surface area contributed by atoms with E-state index in [0.29, 0.717) is 0 Å². The van der Waals surface area contributed by atoms with Crippen LogP contribution in [0.25, 0.3) is 0 Å². The van der Waals surface area contributed by atoms with E-state index in [1.165, 1.54) is 12.1 Å². The van der Waals surface area contributed by atoms with Crippen LogP contribution in [-0.4, -0.2) is 12.1 Å². The summed E-state index contributed by atoms with van der Waals surface area (Å²) in [6.07, 6.45) is 0. The summed E-state index contributed by atoms with van der Waals surface area (Å²) in [5, 5.41) is 8.70. The summed E-state index contributed by atoms with van der Waals surface area (Å²) >= 11 is 0. The van der Waals surface area contributed by atoms with Crippen LogP contribution >= 0.6 is 0 Å². The number of hydrogen-bond donors (Lipinski definition) is 1. The molecule has 1 aromatic rings.